The van der Waals surface area contributed by atoms with Crippen LogP contribution in [0.2, 0.25) is 0 Å². The minimum atomic E-state index is -6.09. The first-order valence-electron chi connectivity index (χ1n) is 12.1. The van der Waals surface area contributed by atoms with Gasteiger partial charge >= 0.3 is 14.3 Å². The van der Waals surface area contributed by atoms with Gasteiger partial charge in [0.1, 0.15) is 25.0 Å². The largest absolute Gasteiger partial charge is 0.741 e. The first-order valence-corrected chi connectivity index (χ1v) is 15.2. The molecule has 1 aliphatic rings. The summed E-state index contributed by atoms with van der Waals surface area (Å²) in [4.78, 5) is 0. The van der Waals surface area contributed by atoms with E-state index in [0.29, 0.717) is 25.9 Å². The third-order valence-electron chi connectivity index (χ3n) is 5.67. The predicted molar refractivity (Wildman–Crippen MR) is 128 cm³/mol. The fourth-order valence-corrected chi connectivity index (χ4v) is 6.53. The Morgan fingerprint density at radius 1 is 1.00 bits per heavy atom. The van der Waals surface area contributed by atoms with E-state index in [0.717, 1.165) is 11.7 Å². The Morgan fingerprint density at radius 3 is 1.94 bits per heavy atom. The van der Waals surface area contributed by atoms with Gasteiger partial charge in [-0.2, -0.15) is 13.2 Å². The van der Waals surface area contributed by atoms with Crippen LogP contribution in [0.5, 0.6) is 0 Å². The SMILES string of the molecule is CCO[Si](OCC)(OCC)c1ccc(Cn2cc[n+](C3CCCCC3)c2)cc1.O=S(=O)([O-])C(F)(F)F. The van der Waals surface area contributed by atoms with Gasteiger partial charge in [-0.05, 0) is 52.0 Å². The van der Waals surface area contributed by atoms with Crippen molar-refractivity contribution in [2.75, 3.05) is 19.8 Å². The minimum absolute atomic E-state index is 0.582. The van der Waals surface area contributed by atoms with Gasteiger partial charge in [-0.3, -0.25) is 0 Å². The molecule has 0 bridgehead atoms. The highest BCUT2D eigenvalue weighted by atomic mass is 32.2. The predicted octanol–water partition coefficient (Wildman–Crippen LogP) is 3.64. The third-order valence-corrected chi connectivity index (χ3v) is 9.28. The maximum absolute atomic E-state index is 10.7. The molecule has 3 rings (SSSR count). The van der Waals surface area contributed by atoms with Gasteiger partial charge in [0.15, 0.2) is 10.1 Å². The standard InChI is InChI=1S/C22H35N2O3Si.CHF3O3S/c1-4-25-28(26-5-2,27-6-3)22-14-12-20(13-15-22)18-23-16-17-24(19-23)21-10-8-7-9-11-21;2-1(3,4)8(5,6)7/h12-17,19,21H,4-11,18H2,1-3H3;(H,5,6,7)/q+1;/p-1. The lowest BCUT2D eigenvalue weighted by atomic mass is 9.95. The van der Waals surface area contributed by atoms with Gasteiger partial charge in [0.25, 0.3) is 0 Å². The summed E-state index contributed by atoms with van der Waals surface area (Å²) >= 11 is 0. The van der Waals surface area contributed by atoms with Crippen LogP contribution >= 0.6 is 0 Å². The fraction of sp³-hybridized carbons (Fsp3) is 0.609. The number of aromatic nitrogens is 2. The molecule has 8 nitrogen and oxygen atoms in total. The lowest BCUT2D eigenvalue weighted by Gasteiger charge is -2.28. The second-order valence-electron chi connectivity index (χ2n) is 8.28. The van der Waals surface area contributed by atoms with E-state index in [9.17, 15) is 13.2 Å². The zero-order valence-corrected chi connectivity index (χ0v) is 22.7. The van der Waals surface area contributed by atoms with Crippen LogP contribution in [0.25, 0.3) is 0 Å². The lowest BCUT2D eigenvalue weighted by Crippen LogP contribution is -2.56. The number of benzene rings is 1. The normalized spacial score (nSPS) is 15.4. The van der Waals surface area contributed by atoms with Crippen molar-refractivity contribution in [2.45, 2.75) is 71.0 Å². The van der Waals surface area contributed by atoms with E-state index < -0.39 is 24.4 Å². The average molecular weight is 553 g/mol. The second kappa shape index (κ2) is 13.7. The van der Waals surface area contributed by atoms with Crippen LogP contribution in [0.15, 0.2) is 43.0 Å². The van der Waals surface area contributed by atoms with Crippen LogP contribution < -0.4 is 9.75 Å². The van der Waals surface area contributed by atoms with Crippen LogP contribution in [0.1, 0.15) is 64.5 Å². The van der Waals surface area contributed by atoms with Crippen molar-refractivity contribution in [2.24, 2.45) is 0 Å². The molecule has 204 valence electrons. The van der Waals surface area contributed by atoms with Crippen LogP contribution in [0.4, 0.5) is 13.2 Å². The monoisotopic (exact) mass is 552 g/mol. The number of alkyl halides is 3. The number of hydrogen-bond donors (Lipinski definition) is 0. The van der Waals surface area contributed by atoms with Gasteiger partial charge in [0.05, 0.1) is 0 Å². The third kappa shape index (κ3) is 8.66. The van der Waals surface area contributed by atoms with E-state index in [-0.39, 0.29) is 0 Å². The topological polar surface area (TPSA) is 93.7 Å². The van der Waals surface area contributed by atoms with Crippen molar-refractivity contribution in [1.29, 1.82) is 0 Å². The molecule has 0 amide bonds. The van der Waals surface area contributed by atoms with E-state index in [2.05, 4.69) is 52.1 Å². The highest BCUT2D eigenvalue weighted by molar-refractivity contribution is 7.86. The van der Waals surface area contributed by atoms with Crippen LogP contribution in [0.3, 0.4) is 0 Å². The molecular weight excluding hydrogens is 517 g/mol. The molecule has 1 heterocycles. The van der Waals surface area contributed by atoms with Gasteiger partial charge < -0.3 is 17.8 Å². The molecule has 1 aromatic carbocycles. The van der Waals surface area contributed by atoms with E-state index in [1.54, 1.807) is 0 Å². The van der Waals surface area contributed by atoms with Crippen molar-refractivity contribution >= 4 is 24.1 Å². The van der Waals surface area contributed by atoms with Crippen LogP contribution in [0, 0.1) is 0 Å². The van der Waals surface area contributed by atoms with Crippen molar-refractivity contribution < 1.29 is 44.0 Å². The summed E-state index contributed by atoms with van der Waals surface area (Å²) < 4.78 is 81.6. The van der Waals surface area contributed by atoms with Gasteiger partial charge in [0, 0.05) is 25.0 Å². The Balaban J connectivity index is 0.000000493. The van der Waals surface area contributed by atoms with Crippen LogP contribution in [-0.4, -0.2) is 51.7 Å². The first-order chi connectivity index (χ1) is 17.0. The molecule has 0 N–H and O–H groups in total. The number of imidazole rings is 1. The smallest absolute Gasteiger partial charge is 0.537 e. The van der Waals surface area contributed by atoms with Crippen molar-refractivity contribution in [3.05, 3.63) is 48.5 Å². The number of rotatable bonds is 10. The maximum atomic E-state index is 10.7. The summed E-state index contributed by atoms with van der Waals surface area (Å²) in [5, 5.41) is 1.03. The summed E-state index contributed by atoms with van der Waals surface area (Å²) in [6.45, 7) is 8.58. The maximum Gasteiger partial charge on any atom is 0.537 e. The summed E-state index contributed by atoms with van der Waals surface area (Å²) in [6.07, 6.45) is 13.4. The summed E-state index contributed by atoms with van der Waals surface area (Å²) in [5.74, 6) is 0. The first kappa shape index (κ1) is 30.5. The number of hydrogen-bond acceptors (Lipinski definition) is 6. The highest BCUT2D eigenvalue weighted by Gasteiger charge is 2.43. The average Bonchev–Trinajstić information content (AvgIpc) is 3.28. The van der Waals surface area contributed by atoms with Gasteiger partial charge in [-0.1, -0.05) is 30.7 Å². The molecular formula is C23H35F3N2O6SSi. The Hall–Kier alpha value is -1.77. The molecule has 0 radical (unpaired) electrons. The van der Waals surface area contributed by atoms with Crippen LogP contribution in [-0.2, 0) is 29.9 Å². The molecule has 0 unspecified atom stereocenters. The molecule has 0 saturated heterocycles. The number of halogens is 3. The molecule has 0 aliphatic heterocycles. The van der Waals surface area contributed by atoms with Crippen molar-refractivity contribution in [3.63, 3.8) is 0 Å². The van der Waals surface area contributed by atoms with E-state index in [4.69, 9.17) is 26.2 Å². The minimum Gasteiger partial charge on any atom is -0.741 e. The van der Waals surface area contributed by atoms with E-state index in [1.165, 1.54) is 37.7 Å². The number of nitrogens with zero attached hydrogens (tertiary/aromatic N) is 2. The van der Waals surface area contributed by atoms with Gasteiger partial charge in [-0.25, -0.2) is 17.6 Å². The quantitative estimate of drug-likeness (QED) is 0.193. The van der Waals surface area contributed by atoms with Crippen molar-refractivity contribution in [1.82, 2.24) is 4.57 Å². The molecule has 1 fully saturated rings. The van der Waals surface area contributed by atoms with E-state index in [1.807, 2.05) is 20.8 Å². The Morgan fingerprint density at radius 2 is 1.50 bits per heavy atom. The zero-order valence-electron chi connectivity index (χ0n) is 20.9. The molecule has 0 atom stereocenters. The van der Waals surface area contributed by atoms with E-state index >= 15 is 0 Å². The lowest BCUT2D eigenvalue weighted by molar-refractivity contribution is -0.725. The summed E-state index contributed by atoms with van der Waals surface area (Å²) in [7, 11) is -8.91. The van der Waals surface area contributed by atoms with Crippen molar-refractivity contribution in [3.8, 4) is 0 Å². The Labute approximate surface area is 212 Å². The molecule has 1 aromatic heterocycles. The van der Waals surface area contributed by atoms with Gasteiger partial charge in [0.2, 0.25) is 6.33 Å². The molecule has 0 spiro atoms. The molecule has 2 aromatic rings. The Bertz CT molecular complexity index is 1010. The molecule has 13 heteroatoms. The summed E-state index contributed by atoms with van der Waals surface area (Å²) in [5.41, 5.74) is -4.38. The zero-order chi connectivity index (χ0) is 26.8. The Kier molecular flexibility index (Phi) is 11.6. The van der Waals surface area contributed by atoms with Gasteiger partial charge in [-0.15, -0.1) is 0 Å². The fourth-order valence-electron chi connectivity index (χ4n) is 4.07. The second-order valence-corrected chi connectivity index (χ2v) is 12.2. The summed E-state index contributed by atoms with van der Waals surface area (Å²) in [6, 6.07) is 9.23. The molecule has 36 heavy (non-hydrogen) atoms. The molecule has 1 saturated carbocycles. The highest BCUT2D eigenvalue weighted by Crippen LogP contribution is 2.23. The molecule has 1 aliphatic carbocycles.